The number of esters is 1. The number of ether oxygens (including phenoxy) is 2. The predicted molar refractivity (Wildman–Crippen MR) is 125 cm³/mol. The van der Waals surface area contributed by atoms with Gasteiger partial charge in [0, 0.05) is 6.42 Å². The Kier molecular flexibility index (Phi) is 9.00. The van der Waals surface area contributed by atoms with E-state index in [4.69, 9.17) is 9.47 Å². The summed E-state index contributed by atoms with van der Waals surface area (Å²) in [6.45, 7) is 16.6. The molecule has 3 heteroatoms. The van der Waals surface area contributed by atoms with E-state index in [0.717, 1.165) is 25.0 Å². The average molecular weight is 415 g/mol. The third-order valence-corrected chi connectivity index (χ3v) is 6.20. The van der Waals surface area contributed by atoms with E-state index in [-0.39, 0.29) is 18.0 Å². The number of allylic oxidation sites excluding steroid dienone is 6. The number of carbonyl (C=O) groups excluding carboxylic acids is 1. The Morgan fingerprint density at radius 3 is 2.33 bits per heavy atom. The molecule has 0 saturated carbocycles. The lowest BCUT2D eigenvalue weighted by Crippen LogP contribution is -2.22. The number of hydrogen-bond donors (Lipinski definition) is 0. The second-order valence-electron chi connectivity index (χ2n) is 10.5. The van der Waals surface area contributed by atoms with Gasteiger partial charge in [0.05, 0.1) is 11.3 Å². The minimum absolute atomic E-state index is 0.210. The molecule has 0 spiro atoms. The smallest absolute Gasteiger partial charge is 0.337 e. The van der Waals surface area contributed by atoms with Gasteiger partial charge in [0.15, 0.2) is 0 Å². The number of carbonyl (C=O) groups is 1. The fraction of sp³-hybridized carbons (Fsp3) is 0.667. The summed E-state index contributed by atoms with van der Waals surface area (Å²) in [4.78, 5) is 12.4. The van der Waals surface area contributed by atoms with Crippen LogP contribution in [0.4, 0.5) is 0 Å². The Bertz CT molecular complexity index is 698. The van der Waals surface area contributed by atoms with Gasteiger partial charge in [0.2, 0.25) is 0 Å². The third kappa shape index (κ3) is 7.49. The molecule has 0 aromatic heterocycles. The molecule has 2 aliphatic carbocycles. The fourth-order valence-corrected chi connectivity index (χ4v) is 4.35. The zero-order valence-electron chi connectivity index (χ0n) is 20.2. The molecule has 0 saturated heterocycles. The van der Waals surface area contributed by atoms with Gasteiger partial charge in [-0.05, 0) is 54.4 Å². The van der Waals surface area contributed by atoms with Crippen molar-refractivity contribution in [3.8, 4) is 0 Å². The van der Waals surface area contributed by atoms with E-state index >= 15 is 0 Å². The lowest BCUT2D eigenvalue weighted by Gasteiger charge is -2.30. The molecular weight excluding hydrogens is 372 g/mol. The summed E-state index contributed by atoms with van der Waals surface area (Å²) in [6, 6.07) is 0. The molecule has 0 N–H and O–H groups in total. The largest absolute Gasteiger partial charge is 0.494 e. The van der Waals surface area contributed by atoms with Gasteiger partial charge in [-0.1, -0.05) is 78.3 Å². The van der Waals surface area contributed by atoms with Crippen molar-refractivity contribution in [3.05, 3.63) is 47.3 Å². The molecule has 0 fully saturated rings. The van der Waals surface area contributed by atoms with Crippen molar-refractivity contribution in [1.29, 1.82) is 0 Å². The SMILES string of the molecule is CC(C)CC(C(C)C)C1C=CC(C(=O)OCCOC2=CC=C(C(C)(C)C)CC2)=CC1. The first-order chi connectivity index (χ1) is 14.1. The maximum Gasteiger partial charge on any atom is 0.337 e. The summed E-state index contributed by atoms with van der Waals surface area (Å²) in [7, 11) is 0. The Morgan fingerprint density at radius 1 is 1.10 bits per heavy atom. The molecule has 2 atom stereocenters. The van der Waals surface area contributed by atoms with Crippen LogP contribution in [-0.4, -0.2) is 19.2 Å². The molecule has 2 rings (SSSR count). The summed E-state index contributed by atoms with van der Waals surface area (Å²) in [5.74, 6) is 3.23. The van der Waals surface area contributed by atoms with Crippen molar-refractivity contribution in [2.75, 3.05) is 13.2 Å². The summed E-state index contributed by atoms with van der Waals surface area (Å²) < 4.78 is 11.2. The fourth-order valence-electron chi connectivity index (χ4n) is 4.35. The van der Waals surface area contributed by atoms with Gasteiger partial charge in [0.25, 0.3) is 0 Å². The Balaban J connectivity index is 1.75. The van der Waals surface area contributed by atoms with Crippen LogP contribution in [0.3, 0.4) is 0 Å². The average Bonchev–Trinajstić information content (AvgIpc) is 2.69. The van der Waals surface area contributed by atoms with E-state index in [9.17, 15) is 4.79 Å². The van der Waals surface area contributed by atoms with Crippen molar-refractivity contribution in [1.82, 2.24) is 0 Å². The summed E-state index contributed by atoms with van der Waals surface area (Å²) >= 11 is 0. The molecule has 0 aromatic rings. The minimum atomic E-state index is -0.245. The highest BCUT2D eigenvalue weighted by molar-refractivity contribution is 5.91. The number of rotatable bonds is 9. The Morgan fingerprint density at radius 2 is 1.83 bits per heavy atom. The van der Waals surface area contributed by atoms with Crippen molar-refractivity contribution in [2.45, 2.75) is 74.1 Å². The van der Waals surface area contributed by atoms with Crippen molar-refractivity contribution in [2.24, 2.45) is 29.1 Å². The molecule has 3 nitrogen and oxygen atoms in total. The monoisotopic (exact) mass is 414 g/mol. The molecule has 0 amide bonds. The maximum atomic E-state index is 12.4. The van der Waals surface area contributed by atoms with E-state index in [0.29, 0.717) is 35.9 Å². The predicted octanol–water partition coefficient (Wildman–Crippen LogP) is 7.02. The van der Waals surface area contributed by atoms with Crippen LogP contribution in [0.2, 0.25) is 0 Å². The molecule has 0 heterocycles. The molecule has 168 valence electrons. The molecule has 0 radical (unpaired) electrons. The molecule has 0 bridgehead atoms. The van der Waals surface area contributed by atoms with Gasteiger partial charge in [-0.3, -0.25) is 0 Å². The van der Waals surface area contributed by atoms with E-state index in [1.807, 2.05) is 12.2 Å². The first-order valence-electron chi connectivity index (χ1n) is 11.7. The highest BCUT2D eigenvalue weighted by atomic mass is 16.6. The van der Waals surface area contributed by atoms with Crippen LogP contribution in [-0.2, 0) is 14.3 Å². The lowest BCUT2D eigenvalue weighted by atomic mass is 9.75. The minimum Gasteiger partial charge on any atom is -0.494 e. The molecule has 2 unspecified atom stereocenters. The molecule has 0 aliphatic heterocycles. The van der Waals surface area contributed by atoms with Gasteiger partial charge in [-0.15, -0.1) is 0 Å². The van der Waals surface area contributed by atoms with E-state index in [1.54, 1.807) is 0 Å². The lowest BCUT2D eigenvalue weighted by molar-refractivity contribution is -0.139. The molecular formula is C27H42O3. The van der Waals surface area contributed by atoms with Crippen LogP contribution in [0.5, 0.6) is 0 Å². The summed E-state index contributed by atoms with van der Waals surface area (Å²) in [6.07, 6.45) is 14.5. The van der Waals surface area contributed by atoms with E-state index in [2.05, 4.69) is 66.7 Å². The van der Waals surface area contributed by atoms with Gasteiger partial charge < -0.3 is 9.47 Å². The molecule has 30 heavy (non-hydrogen) atoms. The van der Waals surface area contributed by atoms with Crippen LogP contribution < -0.4 is 0 Å². The van der Waals surface area contributed by atoms with E-state index < -0.39 is 0 Å². The van der Waals surface area contributed by atoms with Crippen LogP contribution in [0.25, 0.3) is 0 Å². The maximum absolute atomic E-state index is 12.4. The van der Waals surface area contributed by atoms with E-state index in [1.165, 1.54) is 12.0 Å². The van der Waals surface area contributed by atoms with Crippen LogP contribution in [0.15, 0.2) is 47.3 Å². The Hall–Kier alpha value is -1.77. The van der Waals surface area contributed by atoms with Gasteiger partial charge in [-0.2, -0.15) is 0 Å². The molecule has 0 aromatic carbocycles. The second kappa shape index (κ2) is 11.0. The zero-order valence-corrected chi connectivity index (χ0v) is 20.2. The summed E-state index contributed by atoms with van der Waals surface area (Å²) in [5, 5.41) is 0. The highest BCUT2D eigenvalue weighted by Crippen LogP contribution is 2.34. The van der Waals surface area contributed by atoms with Gasteiger partial charge in [0.1, 0.15) is 13.2 Å². The highest BCUT2D eigenvalue weighted by Gasteiger charge is 2.25. The third-order valence-electron chi connectivity index (χ3n) is 6.20. The van der Waals surface area contributed by atoms with Crippen molar-refractivity contribution < 1.29 is 14.3 Å². The van der Waals surface area contributed by atoms with Crippen molar-refractivity contribution in [3.63, 3.8) is 0 Å². The van der Waals surface area contributed by atoms with Crippen molar-refractivity contribution >= 4 is 5.97 Å². The van der Waals surface area contributed by atoms with Crippen LogP contribution >= 0.6 is 0 Å². The van der Waals surface area contributed by atoms with Gasteiger partial charge >= 0.3 is 5.97 Å². The standard InChI is InChI=1S/C27H42O3/c1-19(2)18-25(20(3)4)21-8-10-22(11-9-21)26(28)30-17-16-29-24-14-12-23(13-15-24)27(5,6)7/h8,10-12,14,19-21,25H,9,13,15-18H2,1-7H3. The van der Waals surface area contributed by atoms with Crippen LogP contribution in [0, 0.1) is 29.1 Å². The number of hydrogen-bond acceptors (Lipinski definition) is 3. The quantitative estimate of drug-likeness (QED) is 0.300. The Labute approximate surface area is 184 Å². The van der Waals surface area contributed by atoms with Crippen LogP contribution in [0.1, 0.15) is 74.1 Å². The van der Waals surface area contributed by atoms with Gasteiger partial charge in [-0.25, -0.2) is 4.79 Å². The normalized spacial score (nSPS) is 20.6. The summed E-state index contributed by atoms with van der Waals surface area (Å²) in [5.41, 5.74) is 2.33. The second-order valence-corrected chi connectivity index (χ2v) is 10.5. The molecule has 2 aliphatic rings. The first kappa shape index (κ1) is 24.5. The topological polar surface area (TPSA) is 35.5 Å². The first-order valence-corrected chi connectivity index (χ1v) is 11.7. The zero-order chi connectivity index (χ0) is 22.3.